The maximum atomic E-state index is 12.8. The molecule has 0 aliphatic carbocycles. The van der Waals surface area contributed by atoms with Gasteiger partial charge in [0, 0.05) is 23.3 Å². The highest BCUT2D eigenvalue weighted by Crippen LogP contribution is 2.35. The Kier molecular flexibility index (Phi) is 5.01. The molecule has 2 N–H and O–H groups in total. The molecule has 1 amide bonds. The number of furan rings is 1. The number of carbonyl (C=O) groups excluding carboxylic acids is 1. The molecule has 0 saturated carbocycles. The molecule has 0 aliphatic heterocycles. The Hall–Kier alpha value is -2.77. The molecule has 7 nitrogen and oxygen atoms in total. The minimum absolute atomic E-state index is 0.175. The number of aromatic nitrogens is 1. The molecule has 0 fully saturated rings. The Morgan fingerprint density at radius 3 is 2.58 bits per heavy atom. The van der Waals surface area contributed by atoms with Crippen LogP contribution in [0.15, 0.2) is 35.2 Å². The molecule has 1 aromatic carbocycles. The normalized spacial score (nSPS) is 10.7. The molecule has 0 saturated heterocycles. The van der Waals surface area contributed by atoms with Gasteiger partial charge in [-0.2, -0.15) is 0 Å². The van der Waals surface area contributed by atoms with Gasteiger partial charge in [-0.25, -0.2) is 0 Å². The SMILES string of the molecule is COc1ccc(C(=O)Nc2c(Cl)cncc2Cl)c2c(CC(=O)O)coc12. The van der Waals surface area contributed by atoms with Crippen molar-refractivity contribution in [3.63, 3.8) is 0 Å². The summed E-state index contributed by atoms with van der Waals surface area (Å²) in [5.74, 6) is -1.20. The van der Waals surface area contributed by atoms with E-state index in [4.69, 9.17) is 37.5 Å². The zero-order valence-corrected chi connectivity index (χ0v) is 14.9. The van der Waals surface area contributed by atoms with Crippen molar-refractivity contribution >= 4 is 51.7 Å². The molecule has 2 heterocycles. The summed E-state index contributed by atoms with van der Waals surface area (Å²) < 4.78 is 10.6. The first-order valence-corrected chi connectivity index (χ1v) is 8.07. The van der Waals surface area contributed by atoms with Crippen molar-refractivity contribution in [2.24, 2.45) is 0 Å². The molecule has 0 spiro atoms. The number of methoxy groups -OCH3 is 1. The van der Waals surface area contributed by atoms with Crippen LogP contribution >= 0.6 is 23.2 Å². The van der Waals surface area contributed by atoms with Crippen LogP contribution in [0.3, 0.4) is 0 Å². The molecule has 0 radical (unpaired) electrons. The minimum atomic E-state index is -1.05. The average molecular weight is 395 g/mol. The number of anilines is 1. The van der Waals surface area contributed by atoms with Gasteiger partial charge in [0.1, 0.15) is 0 Å². The smallest absolute Gasteiger partial charge is 0.307 e. The van der Waals surface area contributed by atoms with Crippen LogP contribution in [0.1, 0.15) is 15.9 Å². The summed E-state index contributed by atoms with van der Waals surface area (Å²) in [6.45, 7) is 0. The number of aliphatic carboxylic acids is 1. The molecule has 134 valence electrons. The quantitative estimate of drug-likeness (QED) is 0.677. The first kappa shape index (κ1) is 18.0. The zero-order valence-electron chi connectivity index (χ0n) is 13.4. The highest BCUT2D eigenvalue weighted by molar-refractivity contribution is 6.39. The van der Waals surface area contributed by atoms with Crippen molar-refractivity contribution in [2.75, 3.05) is 12.4 Å². The van der Waals surface area contributed by atoms with Gasteiger partial charge in [0.15, 0.2) is 11.3 Å². The molecule has 2 aromatic heterocycles. The van der Waals surface area contributed by atoms with Crippen molar-refractivity contribution in [1.82, 2.24) is 4.98 Å². The van der Waals surface area contributed by atoms with E-state index in [1.54, 1.807) is 6.07 Å². The van der Waals surface area contributed by atoms with E-state index in [0.29, 0.717) is 16.7 Å². The molecule has 26 heavy (non-hydrogen) atoms. The van der Waals surface area contributed by atoms with Gasteiger partial charge >= 0.3 is 5.97 Å². The third kappa shape index (κ3) is 3.31. The summed E-state index contributed by atoms with van der Waals surface area (Å²) >= 11 is 12.1. The predicted octanol–water partition coefficient (Wildman–Crippen LogP) is 4.02. The van der Waals surface area contributed by atoms with Crippen LogP contribution in [0.2, 0.25) is 10.0 Å². The Bertz CT molecular complexity index is 996. The lowest BCUT2D eigenvalue weighted by Crippen LogP contribution is -2.14. The summed E-state index contributed by atoms with van der Waals surface area (Å²) in [4.78, 5) is 27.7. The van der Waals surface area contributed by atoms with Gasteiger partial charge in [-0.15, -0.1) is 0 Å². The standard InChI is InChI=1S/C17H12Cl2N2O5/c1-25-12-3-2-9(14-8(4-13(22)23)7-26-16(12)14)17(24)21-15-10(18)5-20-6-11(15)19/h2-3,5-7H,4H2,1H3,(H,22,23)(H,20,21,24). The largest absolute Gasteiger partial charge is 0.493 e. The van der Waals surface area contributed by atoms with Gasteiger partial charge in [-0.05, 0) is 12.1 Å². The number of carboxylic acid groups (broad SMARTS) is 1. The minimum Gasteiger partial charge on any atom is -0.493 e. The fourth-order valence-electron chi connectivity index (χ4n) is 2.54. The van der Waals surface area contributed by atoms with Crippen LogP contribution in [-0.4, -0.2) is 29.1 Å². The Balaban J connectivity index is 2.10. The number of pyridine rings is 1. The summed E-state index contributed by atoms with van der Waals surface area (Å²) in [5.41, 5.74) is 1.04. The van der Waals surface area contributed by atoms with Crippen LogP contribution in [0.5, 0.6) is 5.75 Å². The second kappa shape index (κ2) is 7.23. The lowest BCUT2D eigenvalue weighted by molar-refractivity contribution is -0.136. The molecule has 3 aromatic rings. The predicted molar refractivity (Wildman–Crippen MR) is 96.3 cm³/mol. The number of ether oxygens (including phenoxy) is 1. The number of halogens is 2. The highest BCUT2D eigenvalue weighted by atomic mass is 35.5. The van der Waals surface area contributed by atoms with Crippen LogP contribution < -0.4 is 10.1 Å². The number of benzene rings is 1. The summed E-state index contributed by atoms with van der Waals surface area (Å²) in [7, 11) is 1.45. The van der Waals surface area contributed by atoms with Crippen LogP contribution in [0.25, 0.3) is 11.0 Å². The van der Waals surface area contributed by atoms with E-state index in [1.165, 1.54) is 31.8 Å². The van der Waals surface area contributed by atoms with Crippen LogP contribution in [-0.2, 0) is 11.2 Å². The van der Waals surface area contributed by atoms with Gasteiger partial charge in [-0.1, -0.05) is 23.2 Å². The number of fused-ring (bicyclic) bond motifs is 1. The number of nitrogens with zero attached hydrogens (tertiary/aromatic N) is 1. The Morgan fingerprint density at radius 2 is 1.96 bits per heavy atom. The topological polar surface area (TPSA) is 102 Å². The molecule has 0 unspecified atom stereocenters. The van der Waals surface area contributed by atoms with E-state index >= 15 is 0 Å². The van der Waals surface area contributed by atoms with E-state index in [-0.39, 0.29) is 33.3 Å². The first-order chi connectivity index (χ1) is 12.4. The van der Waals surface area contributed by atoms with E-state index < -0.39 is 11.9 Å². The van der Waals surface area contributed by atoms with Gasteiger partial charge in [-0.3, -0.25) is 14.6 Å². The van der Waals surface area contributed by atoms with Gasteiger partial charge in [0.05, 0.1) is 41.1 Å². The number of nitrogens with one attached hydrogen (secondary N) is 1. The molecule has 9 heteroatoms. The fraction of sp³-hybridized carbons (Fsp3) is 0.118. The second-order valence-electron chi connectivity index (χ2n) is 5.28. The monoisotopic (exact) mass is 394 g/mol. The van der Waals surface area contributed by atoms with Crippen molar-refractivity contribution in [3.05, 3.63) is 52.0 Å². The van der Waals surface area contributed by atoms with Crippen molar-refractivity contribution in [3.8, 4) is 5.75 Å². The number of carboxylic acids is 1. The molecule has 0 bridgehead atoms. The molecule has 0 aliphatic rings. The van der Waals surface area contributed by atoms with Crippen molar-refractivity contribution in [1.29, 1.82) is 0 Å². The summed E-state index contributed by atoms with van der Waals surface area (Å²) in [6.07, 6.45) is 3.68. The van der Waals surface area contributed by atoms with Gasteiger partial charge in [0.25, 0.3) is 5.91 Å². The summed E-state index contributed by atoms with van der Waals surface area (Å²) in [6, 6.07) is 3.07. The number of hydrogen-bond acceptors (Lipinski definition) is 5. The Morgan fingerprint density at radius 1 is 1.27 bits per heavy atom. The first-order valence-electron chi connectivity index (χ1n) is 7.31. The van der Waals surface area contributed by atoms with E-state index in [1.807, 2.05) is 0 Å². The van der Waals surface area contributed by atoms with Crippen molar-refractivity contribution < 1.29 is 23.8 Å². The van der Waals surface area contributed by atoms with Gasteiger partial charge < -0.3 is 19.6 Å². The van der Waals surface area contributed by atoms with Crippen LogP contribution in [0, 0.1) is 0 Å². The van der Waals surface area contributed by atoms with E-state index in [9.17, 15) is 9.59 Å². The molecular formula is C17H12Cl2N2O5. The number of hydrogen-bond donors (Lipinski definition) is 2. The lowest BCUT2D eigenvalue weighted by atomic mass is 10.0. The Labute approximate surface area is 157 Å². The highest BCUT2D eigenvalue weighted by Gasteiger charge is 2.22. The number of rotatable bonds is 5. The number of amides is 1. The molecule has 3 rings (SSSR count). The number of carbonyl (C=O) groups is 2. The zero-order chi connectivity index (χ0) is 18.8. The summed E-state index contributed by atoms with van der Waals surface area (Å²) in [5, 5.41) is 12.4. The van der Waals surface area contributed by atoms with E-state index in [0.717, 1.165) is 0 Å². The second-order valence-corrected chi connectivity index (χ2v) is 6.10. The molecular weight excluding hydrogens is 383 g/mol. The van der Waals surface area contributed by atoms with E-state index in [2.05, 4.69) is 10.3 Å². The third-order valence-electron chi connectivity index (χ3n) is 3.66. The molecule has 0 atom stereocenters. The van der Waals surface area contributed by atoms with Crippen LogP contribution in [0.4, 0.5) is 5.69 Å². The maximum Gasteiger partial charge on any atom is 0.307 e. The lowest BCUT2D eigenvalue weighted by Gasteiger charge is -2.11. The third-order valence-corrected chi connectivity index (χ3v) is 4.23. The van der Waals surface area contributed by atoms with Gasteiger partial charge in [0.2, 0.25) is 0 Å². The maximum absolute atomic E-state index is 12.8. The average Bonchev–Trinajstić information content (AvgIpc) is 3.00. The fourth-order valence-corrected chi connectivity index (χ4v) is 3.00. The van der Waals surface area contributed by atoms with Crippen molar-refractivity contribution in [2.45, 2.75) is 6.42 Å².